The molecule has 0 aromatic heterocycles. The van der Waals surface area contributed by atoms with Gasteiger partial charge in [-0.05, 0) is 12.1 Å². The highest BCUT2D eigenvalue weighted by molar-refractivity contribution is 7.89. The topological polar surface area (TPSA) is 60.9 Å². The van der Waals surface area contributed by atoms with Gasteiger partial charge in [0.2, 0.25) is 10.0 Å². The van der Waals surface area contributed by atoms with Crippen molar-refractivity contribution in [1.29, 1.82) is 0 Å². The second kappa shape index (κ2) is 5.69. The summed E-state index contributed by atoms with van der Waals surface area (Å²) in [6, 6.07) is 9.97. The number of piperazine rings is 1. The average Bonchev–Trinajstić information content (AvgIpc) is 2.40. The van der Waals surface area contributed by atoms with E-state index in [1.807, 2.05) is 30.3 Å². The molecule has 0 unspecified atom stereocenters. The van der Waals surface area contributed by atoms with E-state index in [2.05, 4.69) is 4.90 Å². The summed E-state index contributed by atoms with van der Waals surface area (Å²) in [5, 5.41) is 8.75. The molecule has 5 nitrogen and oxygen atoms in total. The highest BCUT2D eigenvalue weighted by Gasteiger charge is 2.26. The van der Waals surface area contributed by atoms with Crippen molar-refractivity contribution in [1.82, 2.24) is 4.31 Å². The molecular weight excluding hydrogens is 252 g/mol. The summed E-state index contributed by atoms with van der Waals surface area (Å²) in [5.41, 5.74) is 1.12. The lowest BCUT2D eigenvalue weighted by atomic mass is 10.2. The van der Waals surface area contributed by atoms with Gasteiger partial charge in [-0.1, -0.05) is 18.2 Å². The Morgan fingerprint density at radius 3 is 2.22 bits per heavy atom. The number of sulfonamides is 1. The zero-order chi connectivity index (χ0) is 13.0. The summed E-state index contributed by atoms with van der Waals surface area (Å²) in [5.74, 6) is -0.182. The molecule has 1 aromatic rings. The van der Waals surface area contributed by atoms with Crippen molar-refractivity contribution in [3.05, 3.63) is 30.3 Å². The van der Waals surface area contributed by atoms with Crippen LogP contribution in [0.25, 0.3) is 0 Å². The van der Waals surface area contributed by atoms with Crippen LogP contribution in [-0.2, 0) is 10.0 Å². The summed E-state index contributed by atoms with van der Waals surface area (Å²) >= 11 is 0. The Balaban J connectivity index is 1.97. The van der Waals surface area contributed by atoms with E-state index in [9.17, 15) is 8.42 Å². The maximum Gasteiger partial charge on any atom is 0.216 e. The van der Waals surface area contributed by atoms with Gasteiger partial charge in [-0.15, -0.1) is 0 Å². The van der Waals surface area contributed by atoms with Crippen molar-refractivity contribution < 1.29 is 13.5 Å². The largest absolute Gasteiger partial charge is 0.395 e. The van der Waals surface area contributed by atoms with Gasteiger partial charge in [-0.25, -0.2) is 8.42 Å². The Morgan fingerprint density at radius 1 is 1.06 bits per heavy atom. The van der Waals surface area contributed by atoms with Crippen LogP contribution in [0.15, 0.2) is 30.3 Å². The first-order chi connectivity index (χ1) is 8.63. The summed E-state index contributed by atoms with van der Waals surface area (Å²) < 4.78 is 25.0. The molecule has 0 spiro atoms. The number of aliphatic hydroxyl groups excluding tert-OH is 1. The molecule has 0 atom stereocenters. The summed E-state index contributed by atoms with van der Waals surface area (Å²) in [4.78, 5) is 2.17. The molecule has 6 heteroatoms. The van der Waals surface area contributed by atoms with E-state index in [0.717, 1.165) is 5.69 Å². The van der Waals surface area contributed by atoms with Gasteiger partial charge in [0.05, 0.1) is 12.4 Å². The van der Waals surface area contributed by atoms with Crippen molar-refractivity contribution in [3.63, 3.8) is 0 Å². The number of hydrogen-bond acceptors (Lipinski definition) is 4. The monoisotopic (exact) mass is 270 g/mol. The third-order valence-electron chi connectivity index (χ3n) is 3.10. The van der Waals surface area contributed by atoms with Gasteiger partial charge in [0.1, 0.15) is 0 Å². The number of para-hydroxylation sites is 1. The molecule has 1 saturated heterocycles. The number of anilines is 1. The van der Waals surface area contributed by atoms with Crippen molar-refractivity contribution in [2.75, 3.05) is 43.4 Å². The van der Waals surface area contributed by atoms with Crippen molar-refractivity contribution >= 4 is 15.7 Å². The van der Waals surface area contributed by atoms with Crippen LogP contribution in [0.2, 0.25) is 0 Å². The molecule has 1 aliphatic heterocycles. The van der Waals surface area contributed by atoms with Gasteiger partial charge in [0, 0.05) is 31.9 Å². The predicted octanol–water partition coefficient (Wildman–Crippen LogP) is 0.131. The Morgan fingerprint density at radius 2 is 1.67 bits per heavy atom. The zero-order valence-corrected chi connectivity index (χ0v) is 11.0. The summed E-state index contributed by atoms with van der Waals surface area (Å²) in [6.45, 7) is 2.03. The fourth-order valence-electron chi connectivity index (χ4n) is 2.11. The van der Waals surface area contributed by atoms with Crippen LogP contribution < -0.4 is 4.90 Å². The average molecular weight is 270 g/mol. The van der Waals surface area contributed by atoms with E-state index in [0.29, 0.717) is 26.2 Å². The molecule has 18 heavy (non-hydrogen) atoms. The van der Waals surface area contributed by atoms with E-state index < -0.39 is 10.0 Å². The third-order valence-corrected chi connectivity index (χ3v) is 4.95. The normalized spacial score (nSPS) is 17.9. The second-order valence-corrected chi connectivity index (χ2v) is 6.35. The Hall–Kier alpha value is -1.11. The molecule has 100 valence electrons. The van der Waals surface area contributed by atoms with Gasteiger partial charge in [-0.2, -0.15) is 4.31 Å². The molecule has 1 fully saturated rings. The lowest BCUT2D eigenvalue weighted by molar-refractivity contribution is 0.312. The predicted molar refractivity (Wildman–Crippen MR) is 71.1 cm³/mol. The van der Waals surface area contributed by atoms with Crippen LogP contribution in [0.4, 0.5) is 5.69 Å². The molecule has 1 aliphatic rings. The molecule has 0 saturated carbocycles. The number of aliphatic hydroxyl groups is 1. The number of benzene rings is 1. The SMILES string of the molecule is O=S(=O)(CCO)N1CCN(c2ccccc2)CC1. The van der Waals surface area contributed by atoms with Crippen LogP contribution in [0, 0.1) is 0 Å². The van der Waals surface area contributed by atoms with E-state index in [1.165, 1.54) is 4.31 Å². The van der Waals surface area contributed by atoms with Crippen LogP contribution >= 0.6 is 0 Å². The Labute approximate surface area is 108 Å². The van der Waals surface area contributed by atoms with E-state index in [1.54, 1.807) is 0 Å². The van der Waals surface area contributed by atoms with Gasteiger partial charge in [0.15, 0.2) is 0 Å². The highest BCUT2D eigenvalue weighted by atomic mass is 32.2. The van der Waals surface area contributed by atoms with Crippen LogP contribution in [0.3, 0.4) is 0 Å². The van der Waals surface area contributed by atoms with Crippen LogP contribution in [-0.4, -0.2) is 56.4 Å². The minimum atomic E-state index is -3.28. The standard InChI is InChI=1S/C12H18N2O3S/c15-10-11-18(16,17)14-8-6-13(7-9-14)12-4-2-1-3-5-12/h1-5,15H,6-11H2. The number of nitrogens with zero attached hydrogens (tertiary/aromatic N) is 2. The molecular formula is C12H18N2O3S. The summed E-state index contributed by atoms with van der Waals surface area (Å²) in [6.07, 6.45) is 0. The van der Waals surface area contributed by atoms with Gasteiger partial charge < -0.3 is 10.0 Å². The van der Waals surface area contributed by atoms with Crippen LogP contribution in [0.5, 0.6) is 0 Å². The van der Waals surface area contributed by atoms with Crippen molar-refractivity contribution in [2.24, 2.45) is 0 Å². The molecule has 1 heterocycles. The first-order valence-corrected chi connectivity index (χ1v) is 7.63. The minimum absolute atomic E-state index is 0.182. The van der Waals surface area contributed by atoms with E-state index in [4.69, 9.17) is 5.11 Å². The molecule has 0 amide bonds. The lowest BCUT2D eigenvalue weighted by Gasteiger charge is -2.35. The van der Waals surface area contributed by atoms with E-state index in [-0.39, 0.29) is 12.4 Å². The highest BCUT2D eigenvalue weighted by Crippen LogP contribution is 2.16. The molecule has 1 N–H and O–H groups in total. The van der Waals surface area contributed by atoms with Crippen molar-refractivity contribution in [2.45, 2.75) is 0 Å². The maximum absolute atomic E-state index is 11.8. The first kappa shape index (κ1) is 13.3. The molecule has 0 aliphatic carbocycles. The van der Waals surface area contributed by atoms with Crippen molar-refractivity contribution in [3.8, 4) is 0 Å². The van der Waals surface area contributed by atoms with E-state index >= 15 is 0 Å². The zero-order valence-electron chi connectivity index (χ0n) is 10.2. The smallest absolute Gasteiger partial charge is 0.216 e. The molecule has 0 bridgehead atoms. The molecule has 1 aromatic carbocycles. The quantitative estimate of drug-likeness (QED) is 0.845. The third kappa shape index (κ3) is 3.01. The number of rotatable bonds is 4. The fourth-order valence-corrected chi connectivity index (χ4v) is 3.32. The Bertz CT molecular complexity index is 467. The lowest BCUT2D eigenvalue weighted by Crippen LogP contribution is -2.49. The summed E-state index contributed by atoms with van der Waals surface area (Å²) in [7, 11) is -3.28. The number of hydrogen-bond donors (Lipinski definition) is 1. The van der Waals surface area contributed by atoms with Crippen LogP contribution in [0.1, 0.15) is 0 Å². The Kier molecular flexibility index (Phi) is 4.21. The molecule has 2 rings (SSSR count). The fraction of sp³-hybridized carbons (Fsp3) is 0.500. The second-order valence-electron chi connectivity index (χ2n) is 4.26. The van der Waals surface area contributed by atoms with Gasteiger partial charge in [0.25, 0.3) is 0 Å². The van der Waals surface area contributed by atoms with Gasteiger partial charge in [-0.3, -0.25) is 0 Å². The molecule has 0 radical (unpaired) electrons. The maximum atomic E-state index is 11.8. The first-order valence-electron chi connectivity index (χ1n) is 6.02. The van der Waals surface area contributed by atoms with Gasteiger partial charge >= 0.3 is 0 Å². The minimum Gasteiger partial charge on any atom is -0.395 e.